The molecule has 0 aromatic heterocycles. The molecule has 4 nitrogen and oxygen atoms in total. The van der Waals surface area contributed by atoms with Gasteiger partial charge in [0.15, 0.2) is 0 Å². The fraction of sp³-hybridized carbons (Fsp3) is 0.467. The fourth-order valence-corrected chi connectivity index (χ4v) is 2.58. The summed E-state index contributed by atoms with van der Waals surface area (Å²) in [4.78, 5) is 25.8. The molecule has 4 heteroatoms. The standard InChI is InChI=1S/C15H20N2O2/c1-4-16-14(18)13-5-6-17(15(13)19)12-8-10(2)7-11(3)9-12/h7-9,13H,4-6H2,1-3H3,(H,16,18). The van der Waals surface area contributed by atoms with E-state index in [0.29, 0.717) is 19.5 Å². The summed E-state index contributed by atoms with van der Waals surface area (Å²) < 4.78 is 0. The van der Waals surface area contributed by atoms with Gasteiger partial charge in [0.1, 0.15) is 5.92 Å². The Balaban J connectivity index is 2.19. The van der Waals surface area contributed by atoms with E-state index in [1.54, 1.807) is 4.90 Å². The predicted molar refractivity (Wildman–Crippen MR) is 75.1 cm³/mol. The van der Waals surface area contributed by atoms with Gasteiger partial charge in [0.2, 0.25) is 11.8 Å². The van der Waals surface area contributed by atoms with Gasteiger partial charge in [-0.15, -0.1) is 0 Å². The first-order valence-electron chi connectivity index (χ1n) is 6.70. The van der Waals surface area contributed by atoms with Crippen LogP contribution < -0.4 is 10.2 Å². The van der Waals surface area contributed by atoms with Crippen molar-refractivity contribution in [1.82, 2.24) is 5.32 Å². The van der Waals surface area contributed by atoms with E-state index in [1.807, 2.05) is 32.9 Å². The number of carbonyl (C=O) groups excluding carboxylic acids is 2. The molecule has 1 atom stereocenters. The number of hydrogen-bond acceptors (Lipinski definition) is 2. The Morgan fingerprint density at radius 1 is 1.32 bits per heavy atom. The Kier molecular flexibility index (Phi) is 3.88. The lowest BCUT2D eigenvalue weighted by molar-refractivity contribution is -0.132. The summed E-state index contributed by atoms with van der Waals surface area (Å²) in [6, 6.07) is 6.06. The summed E-state index contributed by atoms with van der Waals surface area (Å²) in [7, 11) is 0. The Morgan fingerprint density at radius 3 is 2.53 bits per heavy atom. The molecule has 1 aromatic rings. The number of rotatable bonds is 3. The average molecular weight is 260 g/mol. The lowest BCUT2D eigenvalue weighted by atomic mass is 10.1. The largest absolute Gasteiger partial charge is 0.356 e. The molecule has 1 aliphatic rings. The Morgan fingerprint density at radius 2 is 1.95 bits per heavy atom. The molecule has 1 fully saturated rings. The maximum absolute atomic E-state index is 12.3. The number of anilines is 1. The number of nitrogens with one attached hydrogen (secondary N) is 1. The molecular formula is C15H20N2O2. The van der Waals surface area contributed by atoms with Crippen molar-refractivity contribution >= 4 is 17.5 Å². The van der Waals surface area contributed by atoms with E-state index in [2.05, 4.69) is 11.4 Å². The third-order valence-corrected chi connectivity index (χ3v) is 3.39. The highest BCUT2D eigenvalue weighted by Gasteiger charge is 2.37. The number of hydrogen-bond donors (Lipinski definition) is 1. The van der Waals surface area contributed by atoms with Gasteiger partial charge in [-0.05, 0) is 50.5 Å². The highest BCUT2D eigenvalue weighted by Crippen LogP contribution is 2.27. The summed E-state index contributed by atoms with van der Waals surface area (Å²) >= 11 is 0. The van der Waals surface area contributed by atoms with Gasteiger partial charge in [0.25, 0.3) is 0 Å². The van der Waals surface area contributed by atoms with Crippen LogP contribution in [-0.2, 0) is 9.59 Å². The Bertz CT molecular complexity index is 491. The molecule has 1 heterocycles. The lowest BCUT2D eigenvalue weighted by Gasteiger charge is -2.18. The van der Waals surface area contributed by atoms with Gasteiger partial charge < -0.3 is 10.2 Å². The van der Waals surface area contributed by atoms with E-state index < -0.39 is 5.92 Å². The van der Waals surface area contributed by atoms with Gasteiger partial charge in [-0.2, -0.15) is 0 Å². The van der Waals surface area contributed by atoms with Gasteiger partial charge in [0.05, 0.1) is 0 Å². The molecule has 1 N–H and O–H groups in total. The first-order chi connectivity index (χ1) is 9.02. The van der Waals surface area contributed by atoms with Gasteiger partial charge in [-0.1, -0.05) is 6.07 Å². The quantitative estimate of drug-likeness (QED) is 0.842. The van der Waals surface area contributed by atoms with Crippen molar-refractivity contribution in [3.8, 4) is 0 Å². The van der Waals surface area contributed by atoms with Crippen LogP contribution in [0.3, 0.4) is 0 Å². The van der Waals surface area contributed by atoms with Crippen LogP contribution in [0.15, 0.2) is 18.2 Å². The molecule has 19 heavy (non-hydrogen) atoms. The third kappa shape index (κ3) is 2.78. The van der Waals surface area contributed by atoms with E-state index in [9.17, 15) is 9.59 Å². The maximum Gasteiger partial charge on any atom is 0.239 e. The molecule has 2 amide bonds. The van der Waals surface area contributed by atoms with Crippen LogP contribution in [0, 0.1) is 19.8 Å². The van der Waals surface area contributed by atoms with Crippen LogP contribution in [0.5, 0.6) is 0 Å². The zero-order valence-electron chi connectivity index (χ0n) is 11.7. The summed E-state index contributed by atoms with van der Waals surface area (Å²) in [5, 5.41) is 2.73. The lowest BCUT2D eigenvalue weighted by Crippen LogP contribution is -2.36. The van der Waals surface area contributed by atoms with Crippen LogP contribution in [-0.4, -0.2) is 24.9 Å². The minimum Gasteiger partial charge on any atom is -0.356 e. The minimum absolute atomic E-state index is 0.0871. The van der Waals surface area contributed by atoms with Gasteiger partial charge in [0, 0.05) is 18.8 Å². The monoisotopic (exact) mass is 260 g/mol. The molecule has 102 valence electrons. The van der Waals surface area contributed by atoms with Crippen molar-refractivity contribution in [2.75, 3.05) is 18.0 Å². The van der Waals surface area contributed by atoms with E-state index >= 15 is 0 Å². The zero-order valence-corrected chi connectivity index (χ0v) is 11.7. The first-order valence-corrected chi connectivity index (χ1v) is 6.70. The third-order valence-electron chi connectivity index (χ3n) is 3.39. The van der Waals surface area contributed by atoms with Crippen molar-refractivity contribution in [2.45, 2.75) is 27.2 Å². The van der Waals surface area contributed by atoms with Crippen LogP contribution >= 0.6 is 0 Å². The van der Waals surface area contributed by atoms with Crippen LogP contribution in [0.4, 0.5) is 5.69 Å². The number of aryl methyl sites for hydroxylation is 2. The highest BCUT2D eigenvalue weighted by atomic mass is 16.2. The molecule has 1 saturated heterocycles. The second-order valence-corrected chi connectivity index (χ2v) is 5.07. The zero-order chi connectivity index (χ0) is 14.0. The summed E-state index contributed by atoms with van der Waals surface area (Å²) in [5.74, 6) is -0.768. The number of benzene rings is 1. The molecule has 1 unspecified atom stereocenters. The second kappa shape index (κ2) is 5.43. The molecule has 1 aromatic carbocycles. The Labute approximate surface area is 113 Å². The normalized spacial score (nSPS) is 18.8. The molecule has 2 rings (SSSR count). The van der Waals surface area contributed by atoms with Crippen molar-refractivity contribution in [3.05, 3.63) is 29.3 Å². The topological polar surface area (TPSA) is 49.4 Å². The Hall–Kier alpha value is -1.84. The van der Waals surface area contributed by atoms with Crippen molar-refractivity contribution < 1.29 is 9.59 Å². The van der Waals surface area contributed by atoms with Crippen LogP contribution in [0.25, 0.3) is 0 Å². The van der Waals surface area contributed by atoms with Gasteiger partial charge >= 0.3 is 0 Å². The summed E-state index contributed by atoms with van der Waals surface area (Å²) in [6.07, 6.45) is 0.595. The molecular weight excluding hydrogens is 240 g/mol. The second-order valence-electron chi connectivity index (χ2n) is 5.07. The van der Waals surface area contributed by atoms with Gasteiger partial charge in [-0.3, -0.25) is 9.59 Å². The van der Waals surface area contributed by atoms with E-state index in [1.165, 1.54) is 0 Å². The van der Waals surface area contributed by atoms with Crippen molar-refractivity contribution in [1.29, 1.82) is 0 Å². The average Bonchev–Trinajstić information content (AvgIpc) is 2.70. The van der Waals surface area contributed by atoms with Crippen LogP contribution in [0.2, 0.25) is 0 Å². The fourth-order valence-electron chi connectivity index (χ4n) is 2.58. The summed E-state index contributed by atoms with van der Waals surface area (Å²) in [5.41, 5.74) is 3.16. The van der Waals surface area contributed by atoms with Crippen molar-refractivity contribution in [2.24, 2.45) is 5.92 Å². The highest BCUT2D eigenvalue weighted by molar-refractivity contribution is 6.09. The number of nitrogens with zero attached hydrogens (tertiary/aromatic N) is 1. The van der Waals surface area contributed by atoms with E-state index in [-0.39, 0.29) is 11.8 Å². The number of carbonyl (C=O) groups is 2. The minimum atomic E-state index is -0.527. The molecule has 0 spiro atoms. The molecule has 0 saturated carbocycles. The van der Waals surface area contributed by atoms with Gasteiger partial charge in [-0.25, -0.2) is 0 Å². The number of amides is 2. The molecule has 0 radical (unpaired) electrons. The first kappa shape index (κ1) is 13.6. The van der Waals surface area contributed by atoms with Crippen molar-refractivity contribution in [3.63, 3.8) is 0 Å². The van der Waals surface area contributed by atoms with E-state index in [0.717, 1.165) is 16.8 Å². The molecule has 0 bridgehead atoms. The predicted octanol–water partition coefficient (Wildman–Crippen LogP) is 1.79. The smallest absolute Gasteiger partial charge is 0.239 e. The SMILES string of the molecule is CCNC(=O)C1CCN(c2cc(C)cc(C)c2)C1=O. The van der Waals surface area contributed by atoms with Crippen LogP contribution in [0.1, 0.15) is 24.5 Å². The molecule has 1 aliphatic heterocycles. The summed E-state index contributed by atoms with van der Waals surface area (Å²) in [6.45, 7) is 7.06. The maximum atomic E-state index is 12.3. The molecule has 0 aliphatic carbocycles. The van der Waals surface area contributed by atoms with E-state index in [4.69, 9.17) is 0 Å².